The Morgan fingerprint density at radius 2 is 1.65 bits per heavy atom. The molecule has 0 heterocycles. The third-order valence-corrected chi connectivity index (χ3v) is 5.01. The number of anilines is 1. The summed E-state index contributed by atoms with van der Waals surface area (Å²) in [5.74, 6) is 0.323. The van der Waals surface area contributed by atoms with Gasteiger partial charge in [-0.1, -0.05) is 36.4 Å². The Kier molecular flexibility index (Phi) is 3.96. The van der Waals surface area contributed by atoms with Crippen LogP contribution in [0.5, 0.6) is 5.75 Å². The lowest BCUT2D eigenvalue weighted by atomic mass is 10.1. The minimum Gasteiger partial charge on any atom is -0.495 e. The van der Waals surface area contributed by atoms with E-state index in [4.69, 9.17) is 4.74 Å². The highest BCUT2D eigenvalue weighted by Crippen LogP contribution is 2.27. The second-order valence-electron chi connectivity index (χ2n) is 5.32. The van der Waals surface area contributed by atoms with Crippen molar-refractivity contribution in [3.8, 4) is 5.75 Å². The number of nitrogens with one attached hydrogen (secondary N) is 1. The Morgan fingerprint density at radius 3 is 2.39 bits per heavy atom. The smallest absolute Gasteiger partial charge is 0.265 e. The van der Waals surface area contributed by atoms with Crippen LogP contribution < -0.4 is 9.46 Å². The van der Waals surface area contributed by atoms with E-state index in [0.29, 0.717) is 11.4 Å². The predicted octanol–water partition coefficient (Wildman–Crippen LogP) is 3.96. The summed E-state index contributed by atoms with van der Waals surface area (Å²) in [6.07, 6.45) is 0. The van der Waals surface area contributed by atoms with Crippen LogP contribution in [0.15, 0.2) is 65.6 Å². The maximum atomic E-state index is 12.7. The van der Waals surface area contributed by atoms with E-state index in [1.165, 1.54) is 7.11 Å². The zero-order valence-electron chi connectivity index (χ0n) is 12.9. The standard InChI is InChI=1S/C18H17NO3S/c1-13-7-10-17(22-2)18(11-13)23(20,21)19-16-9-8-14-5-3-4-6-15(14)12-16/h3-12,19H,1-2H3. The number of benzene rings is 3. The van der Waals surface area contributed by atoms with Crippen LogP contribution in [0, 0.1) is 6.92 Å². The third kappa shape index (κ3) is 3.14. The molecule has 0 unspecified atom stereocenters. The van der Waals surface area contributed by atoms with Crippen molar-refractivity contribution in [1.82, 2.24) is 0 Å². The average Bonchev–Trinajstić information content (AvgIpc) is 2.54. The molecule has 0 fully saturated rings. The Balaban J connectivity index is 2.01. The number of hydrogen-bond acceptors (Lipinski definition) is 3. The summed E-state index contributed by atoms with van der Waals surface area (Å²) in [5.41, 5.74) is 1.37. The van der Waals surface area contributed by atoms with E-state index in [9.17, 15) is 8.42 Å². The zero-order valence-corrected chi connectivity index (χ0v) is 13.7. The summed E-state index contributed by atoms with van der Waals surface area (Å²) in [7, 11) is -2.26. The van der Waals surface area contributed by atoms with E-state index in [0.717, 1.165) is 16.3 Å². The molecule has 0 aliphatic heterocycles. The molecule has 0 atom stereocenters. The molecule has 0 radical (unpaired) electrons. The molecule has 3 aromatic rings. The Hall–Kier alpha value is -2.53. The fraction of sp³-hybridized carbons (Fsp3) is 0.111. The van der Waals surface area contributed by atoms with Gasteiger partial charge in [-0.3, -0.25) is 4.72 Å². The van der Waals surface area contributed by atoms with Gasteiger partial charge in [0.2, 0.25) is 0 Å². The van der Waals surface area contributed by atoms with Crippen LogP contribution in [0.25, 0.3) is 10.8 Å². The predicted molar refractivity (Wildman–Crippen MR) is 92.5 cm³/mol. The summed E-state index contributed by atoms with van der Waals surface area (Å²) < 4.78 is 33.2. The fourth-order valence-electron chi connectivity index (χ4n) is 2.46. The van der Waals surface area contributed by atoms with Gasteiger partial charge in [0.1, 0.15) is 10.6 Å². The highest BCUT2D eigenvalue weighted by atomic mass is 32.2. The van der Waals surface area contributed by atoms with Gasteiger partial charge in [0.15, 0.2) is 0 Å². The number of aryl methyl sites for hydroxylation is 1. The van der Waals surface area contributed by atoms with Gasteiger partial charge in [0.25, 0.3) is 10.0 Å². The molecule has 0 bridgehead atoms. The number of methoxy groups -OCH3 is 1. The zero-order chi connectivity index (χ0) is 16.4. The molecule has 4 nitrogen and oxygen atoms in total. The summed E-state index contributed by atoms with van der Waals surface area (Å²) >= 11 is 0. The van der Waals surface area contributed by atoms with Crippen LogP contribution in [0.1, 0.15) is 5.56 Å². The van der Waals surface area contributed by atoms with E-state index >= 15 is 0 Å². The van der Waals surface area contributed by atoms with Gasteiger partial charge in [-0.05, 0) is 47.5 Å². The van der Waals surface area contributed by atoms with Gasteiger partial charge in [-0.15, -0.1) is 0 Å². The number of rotatable bonds is 4. The lowest BCUT2D eigenvalue weighted by Crippen LogP contribution is -2.14. The SMILES string of the molecule is COc1ccc(C)cc1S(=O)(=O)Nc1ccc2ccccc2c1. The first-order chi connectivity index (χ1) is 11.0. The number of hydrogen-bond donors (Lipinski definition) is 1. The number of ether oxygens (including phenoxy) is 1. The van der Waals surface area contributed by atoms with Crippen LogP contribution in [0.3, 0.4) is 0 Å². The van der Waals surface area contributed by atoms with Gasteiger partial charge in [0, 0.05) is 5.69 Å². The van der Waals surface area contributed by atoms with Crippen LogP contribution >= 0.6 is 0 Å². The average molecular weight is 327 g/mol. The van der Waals surface area contributed by atoms with Crippen molar-refractivity contribution in [2.24, 2.45) is 0 Å². The van der Waals surface area contributed by atoms with Crippen LogP contribution in [0.2, 0.25) is 0 Å². The van der Waals surface area contributed by atoms with Crippen LogP contribution in [-0.4, -0.2) is 15.5 Å². The number of sulfonamides is 1. The van der Waals surface area contributed by atoms with E-state index in [1.54, 1.807) is 18.2 Å². The Labute approximate surface area is 135 Å². The second kappa shape index (κ2) is 5.93. The fourth-order valence-corrected chi connectivity index (χ4v) is 3.76. The van der Waals surface area contributed by atoms with Crippen molar-refractivity contribution >= 4 is 26.5 Å². The molecule has 0 aromatic heterocycles. The van der Waals surface area contributed by atoms with E-state index in [1.807, 2.05) is 49.4 Å². The van der Waals surface area contributed by atoms with E-state index < -0.39 is 10.0 Å². The van der Waals surface area contributed by atoms with Crippen LogP contribution in [-0.2, 0) is 10.0 Å². The third-order valence-electron chi connectivity index (χ3n) is 3.61. The summed E-state index contributed by atoms with van der Waals surface area (Å²) in [4.78, 5) is 0.133. The monoisotopic (exact) mass is 327 g/mol. The first kappa shape index (κ1) is 15.4. The van der Waals surface area contributed by atoms with Crippen molar-refractivity contribution in [3.63, 3.8) is 0 Å². The largest absolute Gasteiger partial charge is 0.495 e. The molecule has 3 rings (SSSR count). The van der Waals surface area contributed by atoms with Crippen molar-refractivity contribution in [1.29, 1.82) is 0 Å². The molecule has 5 heteroatoms. The molecule has 0 spiro atoms. The molecule has 0 saturated heterocycles. The maximum Gasteiger partial charge on any atom is 0.265 e. The Morgan fingerprint density at radius 1 is 0.913 bits per heavy atom. The van der Waals surface area contributed by atoms with Crippen LogP contribution in [0.4, 0.5) is 5.69 Å². The molecule has 3 aromatic carbocycles. The molecule has 0 aliphatic rings. The molecular formula is C18H17NO3S. The van der Waals surface area contributed by atoms with Gasteiger partial charge < -0.3 is 4.74 Å². The van der Waals surface area contributed by atoms with Gasteiger partial charge in [-0.2, -0.15) is 0 Å². The lowest BCUT2D eigenvalue weighted by Gasteiger charge is -2.12. The first-order valence-electron chi connectivity index (χ1n) is 7.16. The minimum atomic E-state index is -3.72. The number of fused-ring (bicyclic) bond motifs is 1. The highest BCUT2D eigenvalue weighted by Gasteiger charge is 2.19. The summed E-state index contributed by atoms with van der Waals surface area (Å²) in [5, 5.41) is 2.03. The second-order valence-corrected chi connectivity index (χ2v) is 6.97. The summed E-state index contributed by atoms with van der Waals surface area (Å²) in [6, 6.07) is 18.3. The van der Waals surface area contributed by atoms with Crippen molar-refractivity contribution in [3.05, 3.63) is 66.2 Å². The summed E-state index contributed by atoms with van der Waals surface area (Å²) in [6.45, 7) is 1.84. The molecule has 1 N–H and O–H groups in total. The molecule has 118 valence electrons. The molecule has 0 aliphatic carbocycles. The maximum absolute atomic E-state index is 12.7. The highest BCUT2D eigenvalue weighted by molar-refractivity contribution is 7.92. The molecule has 0 amide bonds. The minimum absolute atomic E-state index is 0.133. The normalized spacial score (nSPS) is 11.4. The first-order valence-corrected chi connectivity index (χ1v) is 8.64. The molecule has 23 heavy (non-hydrogen) atoms. The molecule has 0 saturated carbocycles. The van der Waals surface area contributed by atoms with Gasteiger partial charge >= 0.3 is 0 Å². The van der Waals surface area contributed by atoms with Gasteiger partial charge in [0.05, 0.1) is 7.11 Å². The van der Waals surface area contributed by atoms with Crippen molar-refractivity contribution in [2.45, 2.75) is 11.8 Å². The van der Waals surface area contributed by atoms with Crippen molar-refractivity contribution in [2.75, 3.05) is 11.8 Å². The quantitative estimate of drug-likeness (QED) is 0.789. The topological polar surface area (TPSA) is 55.4 Å². The Bertz CT molecular complexity index is 965. The lowest BCUT2D eigenvalue weighted by molar-refractivity contribution is 0.402. The van der Waals surface area contributed by atoms with E-state index in [2.05, 4.69) is 4.72 Å². The molecular weight excluding hydrogens is 310 g/mol. The van der Waals surface area contributed by atoms with Gasteiger partial charge in [-0.25, -0.2) is 8.42 Å². The van der Waals surface area contributed by atoms with Crippen molar-refractivity contribution < 1.29 is 13.2 Å². The van der Waals surface area contributed by atoms with E-state index in [-0.39, 0.29) is 4.90 Å².